The van der Waals surface area contributed by atoms with Crippen LogP contribution >= 0.6 is 0 Å². The highest BCUT2D eigenvalue weighted by atomic mass is 32.2. The van der Waals surface area contributed by atoms with Crippen LogP contribution in [0.4, 0.5) is 18.9 Å². The van der Waals surface area contributed by atoms with E-state index in [1.807, 2.05) is 0 Å². The number of carbonyl (C=O) groups excluding carboxylic acids is 1. The highest BCUT2D eigenvalue weighted by Crippen LogP contribution is 2.36. The first-order chi connectivity index (χ1) is 16.3. The van der Waals surface area contributed by atoms with Crippen molar-refractivity contribution >= 4 is 21.4 Å². The second-order valence-electron chi connectivity index (χ2n) is 8.69. The van der Waals surface area contributed by atoms with Crippen molar-refractivity contribution in [1.29, 1.82) is 0 Å². The zero-order chi connectivity index (χ0) is 25.8. The van der Waals surface area contributed by atoms with E-state index in [1.54, 1.807) is 31.2 Å². The Bertz CT molecular complexity index is 1150. The summed E-state index contributed by atoms with van der Waals surface area (Å²) < 4.78 is 65.4. The molecule has 0 aromatic heterocycles. The Labute approximate surface area is 202 Å². The largest absolute Gasteiger partial charge is 0.573 e. The molecular weight excluding hydrogens is 485 g/mol. The Kier molecular flexibility index (Phi) is 8.32. The fraction of sp³-hybridized carbons (Fsp3) is 0.458. The lowest BCUT2D eigenvalue weighted by atomic mass is 9.98. The van der Waals surface area contributed by atoms with Gasteiger partial charge in [-0.25, -0.2) is 8.42 Å². The number of hydrogen-bond donors (Lipinski definition) is 2. The number of likely N-dealkylation sites (tertiary alicyclic amines) is 1. The van der Waals surface area contributed by atoms with E-state index in [-0.39, 0.29) is 29.4 Å². The number of amides is 1. The molecule has 1 heterocycles. The molecule has 2 aromatic rings. The number of para-hydroxylation sites is 1. The highest BCUT2D eigenvalue weighted by Gasteiger charge is 2.33. The molecular formula is C24H29F3N2O5S. The molecule has 0 saturated carbocycles. The minimum absolute atomic E-state index is 0.144. The molecule has 3 rings (SSSR count). The molecule has 2 aromatic carbocycles. The number of anilines is 1. The predicted octanol–water partition coefficient (Wildman–Crippen LogP) is 4.11. The Morgan fingerprint density at radius 3 is 2.57 bits per heavy atom. The monoisotopic (exact) mass is 514 g/mol. The van der Waals surface area contributed by atoms with Crippen LogP contribution in [0.1, 0.15) is 31.2 Å². The standard InChI is InChI=1S/C24H29F3N2O5S/c1-16-15-17(10-11-18(16)19-7-3-4-9-21(19)34-24(25,26)27)28-23(31)20-8-5-6-13-29(20)22(30)12-14-35(2,32)33/h3-4,7,9-11,15,20,23,28,31H,5-6,8,12-14H2,1-2H3. The number of aryl methyl sites for hydroxylation is 1. The topological polar surface area (TPSA) is 95.9 Å². The highest BCUT2D eigenvalue weighted by molar-refractivity contribution is 7.90. The summed E-state index contributed by atoms with van der Waals surface area (Å²) in [7, 11) is -3.29. The maximum Gasteiger partial charge on any atom is 0.573 e. The van der Waals surface area contributed by atoms with Crippen LogP contribution in [-0.4, -0.2) is 61.5 Å². The van der Waals surface area contributed by atoms with Gasteiger partial charge in [-0.1, -0.05) is 24.3 Å². The molecule has 0 bridgehead atoms. The van der Waals surface area contributed by atoms with Gasteiger partial charge in [-0.3, -0.25) is 4.79 Å². The Morgan fingerprint density at radius 2 is 1.91 bits per heavy atom. The van der Waals surface area contributed by atoms with Crippen LogP contribution < -0.4 is 10.1 Å². The van der Waals surface area contributed by atoms with E-state index < -0.39 is 28.5 Å². The van der Waals surface area contributed by atoms with Crippen LogP contribution in [0.15, 0.2) is 42.5 Å². The quantitative estimate of drug-likeness (QED) is 0.515. The number of sulfone groups is 1. The van der Waals surface area contributed by atoms with Crippen LogP contribution in [0.2, 0.25) is 0 Å². The number of benzene rings is 2. The average molecular weight is 515 g/mol. The number of hydrogen-bond acceptors (Lipinski definition) is 6. The summed E-state index contributed by atoms with van der Waals surface area (Å²) in [5.74, 6) is -0.887. The van der Waals surface area contributed by atoms with E-state index >= 15 is 0 Å². The van der Waals surface area contributed by atoms with E-state index in [9.17, 15) is 31.5 Å². The number of alkyl halides is 3. The predicted molar refractivity (Wildman–Crippen MR) is 127 cm³/mol. The lowest BCUT2D eigenvalue weighted by molar-refractivity contribution is -0.274. The Balaban J connectivity index is 1.75. The molecule has 192 valence electrons. The van der Waals surface area contributed by atoms with Crippen molar-refractivity contribution in [2.45, 2.75) is 51.2 Å². The number of aliphatic hydroxyl groups excluding tert-OH is 1. The van der Waals surface area contributed by atoms with Gasteiger partial charge in [-0.05, 0) is 55.5 Å². The normalized spacial score (nSPS) is 17.7. The van der Waals surface area contributed by atoms with Gasteiger partial charge in [0.2, 0.25) is 5.91 Å². The number of halogens is 3. The first kappa shape index (κ1) is 26.8. The molecule has 1 fully saturated rings. The number of ether oxygens (including phenoxy) is 1. The molecule has 11 heteroatoms. The molecule has 1 saturated heterocycles. The number of carbonyl (C=O) groups is 1. The summed E-state index contributed by atoms with van der Waals surface area (Å²) in [6.45, 7) is 2.17. The fourth-order valence-electron chi connectivity index (χ4n) is 4.24. The number of aliphatic hydroxyl groups is 1. The van der Waals surface area contributed by atoms with Crippen LogP contribution in [0.25, 0.3) is 11.1 Å². The summed E-state index contributed by atoms with van der Waals surface area (Å²) in [6.07, 6.45) is -2.87. The molecule has 0 aliphatic carbocycles. The van der Waals surface area contributed by atoms with Gasteiger partial charge >= 0.3 is 6.36 Å². The van der Waals surface area contributed by atoms with E-state index in [0.717, 1.165) is 19.1 Å². The first-order valence-electron chi connectivity index (χ1n) is 11.2. The summed E-state index contributed by atoms with van der Waals surface area (Å²) in [4.78, 5) is 14.2. The van der Waals surface area contributed by atoms with Crippen molar-refractivity contribution in [3.05, 3.63) is 48.0 Å². The molecule has 0 radical (unpaired) electrons. The average Bonchev–Trinajstić information content (AvgIpc) is 2.77. The van der Waals surface area contributed by atoms with Crippen molar-refractivity contribution in [3.8, 4) is 16.9 Å². The van der Waals surface area contributed by atoms with Crippen LogP contribution in [0, 0.1) is 6.92 Å². The lowest BCUT2D eigenvalue weighted by Crippen LogP contribution is -2.52. The van der Waals surface area contributed by atoms with Gasteiger partial charge in [0.15, 0.2) is 0 Å². The first-order valence-corrected chi connectivity index (χ1v) is 13.3. The number of nitrogens with one attached hydrogen (secondary N) is 1. The van der Waals surface area contributed by atoms with Crippen molar-refractivity contribution in [1.82, 2.24) is 4.90 Å². The van der Waals surface area contributed by atoms with Gasteiger partial charge in [0, 0.05) is 30.5 Å². The maximum atomic E-state index is 12.8. The van der Waals surface area contributed by atoms with Gasteiger partial charge in [0.25, 0.3) is 0 Å². The SMILES string of the molecule is Cc1cc(NC(O)C2CCCCN2C(=O)CCS(C)(=O)=O)ccc1-c1ccccc1OC(F)(F)F. The molecule has 1 aliphatic heterocycles. The van der Waals surface area contributed by atoms with Crippen molar-refractivity contribution < 1.29 is 36.2 Å². The van der Waals surface area contributed by atoms with Crippen LogP contribution in [0.5, 0.6) is 5.75 Å². The number of piperidine rings is 1. The second kappa shape index (κ2) is 10.9. The third kappa shape index (κ3) is 7.60. The summed E-state index contributed by atoms with van der Waals surface area (Å²) in [5.41, 5.74) is 2.01. The third-order valence-electron chi connectivity index (χ3n) is 5.86. The van der Waals surface area contributed by atoms with Gasteiger partial charge in [-0.2, -0.15) is 0 Å². The van der Waals surface area contributed by atoms with Gasteiger partial charge in [0.1, 0.15) is 21.8 Å². The van der Waals surface area contributed by atoms with Crippen LogP contribution in [0.3, 0.4) is 0 Å². The minimum atomic E-state index is -4.82. The van der Waals surface area contributed by atoms with Gasteiger partial charge in [0.05, 0.1) is 11.8 Å². The minimum Gasteiger partial charge on any atom is -0.405 e. The molecule has 2 unspecified atom stereocenters. The van der Waals surface area contributed by atoms with Gasteiger partial charge in [-0.15, -0.1) is 13.2 Å². The Morgan fingerprint density at radius 1 is 1.20 bits per heavy atom. The summed E-state index contributed by atoms with van der Waals surface area (Å²) >= 11 is 0. The third-order valence-corrected chi connectivity index (χ3v) is 6.81. The molecule has 1 aliphatic rings. The molecule has 7 nitrogen and oxygen atoms in total. The van der Waals surface area contributed by atoms with Crippen molar-refractivity contribution in [3.63, 3.8) is 0 Å². The number of rotatable bonds is 8. The zero-order valence-electron chi connectivity index (χ0n) is 19.5. The fourth-order valence-corrected chi connectivity index (χ4v) is 4.78. The zero-order valence-corrected chi connectivity index (χ0v) is 20.3. The summed E-state index contributed by atoms with van der Waals surface area (Å²) in [5, 5.41) is 13.8. The van der Waals surface area contributed by atoms with E-state index in [4.69, 9.17) is 0 Å². The maximum absolute atomic E-state index is 12.8. The molecule has 2 atom stereocenters. The molecule has 35 heavy (non-hydrogen) atoms. The second-order valence-corrected chi connectivity index (χ2v) is 11.0. The summed E-state index contributed by atoms with van der Waals surface area (Å²) in [6, 6.07) is 10.3. The lowest BCUT2D eigenvalue weighted by Gasteiger charge is -2.39. The van der Waals surface area contributed by atoms with E-state index in [1.165, 1.54) is 23.1 Å². The molecule has 0 spiro atoms. The Hall–Kier alpha value is -2.79. The van der Waals surface area contributed by atoms with E-state index in [0.29, 0.717) is 29.8 Å². The smallest absolute Gasteiger partial charge is 0.405 e. The molecule has 2 N–H and O–H groups in total. The van der Waals surface area contributed by atoms with Crippen LogP contribution in [-0.2, 0) is 14.6 Å². The number of nitrogens with zero attached hydrogens (tertiary/aromatic N) is 1. The van der Waals surface area contributed by atoms with Gasteiger partial charge < -0.3 is 20.1 Å². The molecule has 1 amide bonds. The van der Waals surface area contributed by atoms with Crippen molar-refractivity contribution in [2.75, 3.05) is 23.9 Å². The van der Waals surface area contributed by atoms with E-state index in [2.05, 4.69) is 10.1 Å². The van der Waals surface area contributed by atoms with Crippen molar-refractivity contribution in [2.24, 2.45) is 0 Å².